The van der Waals surface area contributed by atoms with Crippen LogP contribution in [-0.4, -0.2) is 87.1 Å². The van der Waals surface area contributed by atoms with Crippen molar-refractivity contribution in [1.29, 1.82) is 0 Å². The van der Waals surface area contributed by atoms with Gasteiger partial charge in [0, 0.05) is 50.7 Å². The maximum absolute atomic E-state index is 14.3. The number of nitrogens with zero attached hydrogens (tertiary/aromatic N) is 1. The molecule has 3 fully saturated rings. The summed E-state index contributed by atoms with van der Waals surface area (Å²) in [4.78, 5) is 55.5. The number of amides is 3. The minimum absolute atomic E-state index is 0.0229. The molecule has 288 valence electrons. The molecule has 3 amide bonds. The number of nitrogens with one attached hydrogen (secondary N) is 3. The number of carbonyl (C=O) groups is 4. The van der Waals surface area contributed by atoms with Crippen molar-refractivity contribution >= 4 is 46.2 Å². The van der Waals surface area contributed by atoms with Crippen molar-refractivity contribution in [1.82, 2.24) is 10.2 Å². The predicted molar refractivity (Wildman–Crippen MR) is 196 cm³/mol. The second-order valence-corrected chi connectivity index (χ2v) is 15.6. The van der Waals surface area contributed by atoms with Crippen molar-refractivity contribution in [3.8, 4) is 0 Å². The Morgan fingerprint density at radius 3 is 2.38 bits per heavy atom. The average Bonchev–Trinajstić information content (AvgIpc) is 3.74. The Morgan fingerprint density at radius 2 is 1.73 bits per heavy atom. The summed E-state index contributed by atoms with van der Waals surface area (Å²) in [6.45, 7) is 5.76. The van der Waals surface area contributed by atoms with Crippen molar-refractivity contribution in [2.24, 2.45) is 23.7 Å². The van der Waals surface area contributed by atoms with E-state index in [1.807, 2.05) is 0 Å². The zero-order chi connectivity index (χ0) is 37.4. The molecule has 52 heavy (non-hydrogen) atoms. The molecule has 1 aromatic carbocycles. The van der Waals surface area contributed by atoms with Crippen LogP contribution >= 0.6 is 0 Å². The zero-order valence-electron chi connectivity index (χ0n) is 31.4. The smallest absolute Gasteiger partial charge is 0.407 e. The molecule has 2 saturated carbocycles. The van der Waals surface area contributed by atoms with Gasteiger partial charge < -0.3 is 39.5 Å². The number of anilines is 2. The number of methoxy groups -OCH3 is 1. The van der Waals surface area contributed by atoms with Gasteiger partial charge >= 0.3 is 12.1 Å². The molecule has 3 aliphatic rings. The summed E-state index contributed by atoms with van der Waals surface area (Å²) in [6, 6.07) is 3.94. The highest BCUT2D eigenvalue weighted by Gasteiger charge is 2.47. The Labute approximate surface area is 306 Å². The van der Waals surface area contributed by atoms with Gasteiger partial charge in [-0.2, -0.15) is 0 Å². The largest absolute Gasteiger partial charge is 0.460 e. The molecule has 2 aliphatic carbocycles. The van der Waals surface area contributed by atoms with Crippen molar-refractivity contribution < 1.29 is 42.2 Å². The topological polar surface area (TPSA) is 148 Å². The fourth-order valence-electron chi connectivity index (χ4n) is 8.42. The lowest BCUT2D eigenvalue weighted by Gasteiger charge is -2.37. The summed E-state index contributed by atoms with van der Waals surface area (Å²) >= 11 is 0. The third kappa shape index (κ3) is 9.56. The summed E-state index contributed by atoms with van der Waals surface area (Å²) in [6.07, 6.45) is 8.56. The molecule has 0 spiro atoms. The molecule has 0 radical (unpaired) electrons. The van der Waals surface area contributed by atoms with E-state index in [-0.39, 0.29) is 41.9 Å². The first-order valence-electron chi connectivity index (χ1n) is 19.0. The lowest BCUT2D eigenvalue weighted by atomic mass is 9.76. The minimum atomic E-state index is -0.708. The number of hydrogen-bond donors (Lipinski definition) is 3. The van der Waals surface area contributed by atoms with Crippen LogP contribution in [0.4, 0.5) is 20.6 Å². The number of alkyl carbamates (subject to hydrolysis) is 1. The van der Waals surface area contributed by atoms with Crippen LogP contribution < -0.4 is 16.0 Å². The van der Waals surface area contributed by atoms with Crippen LogP contribution in [0, 0.1) is 23.7 Å². The Hall–Kier alpha value is -3.87. The first-order valence-corrected chi connectivity index (χ1v) is 19.0. The molecule has 3 N–H and O–H groups in total. The summed E-state index contributed by atoms with van der Waals surface area (Å²) < 4.78 is 35.7. The van der Waals surface area contributed by atoms with E-state index in [9.17, 15) is 23.6 Å². The molecule has 1 saturated heterocycles. The zero-order valence-corrected chi connectivity index (χ0v) is 31.4. The molecule has 0 bridgehead atoms. The fourth-order valence-corrected chi connectivity index (χ4v) is 8.42. The van der Waals surface area contributed by atoms with E-state index in [4.69, 9.17) is 18.6 Å². The van der Waals surface area contributed by atoms with E-state index in [1.165, 1.54) is 6.42 Å². The SMILES string of the molecule is CNc1c(C(=O)OCCCOC)oc2ccc(NC(=O)[C@@H]3[C@H](C4CCCCC4)CCN3C(=O)C3CCC(C(CF)NC(=O)OC(C)(C)C)CC3)cc12. The van der Waals surface area contributed by atoms with Crippen LogP contribution in [0.1, 0.15) is 102 Å². The lowest BCUT2D eigenvalue weighted by Crippen LogP contribution is -2.50. The molecule has 2 heterocycles. The minimum Gasteiger partial charge on any atom is -0.460 e. The highest BCUT2D eigenvalue weighted by atomic mass is 19.1. The van der Waals surface area contributed by atoms with E-state index >= 15 is 0 Å². The molecule has 5 rings (SSSR count). The van der Waals surface area contributed by atoms with Gasteiger partial charge in [-0.25, -0.2) is 14.0 Å². The standard InChI is InChI=1S/C39H57FN4O8/c1-39(2,3)52-38(48)43-30(23-40)25-12-14-26(15-13-25)36(46)44-19-18-28(24-10-7-6-8-11-24)33(44)35(45)42-27-16-17-31-29(22-27)32(41-4)34(51-31)37(47)50-21-9-20-49-5/h16-17,22,24-26,28,30,33,41H,6-15,18-21,23H2,1-5H3,(H,42,45)(H,43,48)/t25?,26?,28-,30?,33-/m0/s1. The number of benzene rings is 1. The number of furan rings is 1. The van der Waals surface area contributed by atoms with Crippen LogP contribution in [0.15, 0.2) is 22.6 Å². The molecule has 2 aromatic rings. The first-order chi connectivity index (χ1) is 24.9. The number of esters is 1. The number of hydrogen-bond acceptors (Lipinski definition) is 9. The van der Waals surface area contributed by atoms with Crippen LogP contribution in [0.2, 0.25) is 0 Å². The Morgan fingerprint density at radius 1 is 1.00 bits per heavy atom. The average molecular weight is 729 g/mol. The van der Waals surface area contributed by atoms with E-state index in [0.29, 0.717) is 73.5 Å². The molecular formula is C39H57FN4O8. The maximum atomic E-state index is 14.3. The van der Waals surface area contributed by atoms with Gasteiger partial charge in [-0.15, -0.1) is 0 Å². The van der Waals surface area contributed by atoms with Crippen molar-refractivity contribution in [3.05, 3.63) is 24.0 Å². The Bertz CT molecular complexity index is 1540. The molecule has 1 aliphatic heterocycles. The second kappa shape index (κ2) is 17.8. The summed E-state index contributed by atoms with van der Waals surface area (Å²) in [5, 5.41) is 9.47. The summed E-state index contributed by atoms with van der Waals surface area (Å²) in [7, 11) is 3.28. The molecule has 12 nitrogen and oxygen atoms in total. The number of ether oxygens (including phenoxy) is 3. The normalized spacial score (nSPS) is 23.2. The number of likely N-dealkylation sites (tertiary alicyclic amines) is 1. The van der Waals surface area contributed by atoms with E-state index < -0.39 is 36.4 Å². The van der Waals surface area contributed by atoms with Gasteiger partial charge in [0.2, 0.25) is 17.6 Å². The highest BCUT2D eigenvalue weighted by Crippen LogP contribution is 2.42. The quantitative estimate of drug-likeness (QED) is 0.145. The van der Waals surface area contributed by atoms with Gasteiger partial charge in [0.15, 0.2) is 0 Å². The number of fused-ring (bicyclic) bond motifs is 1. The summed E-state index contributed by atoms with van der Waals surface area (Å²) in [5.74, 6) is -0.737. The Balaban J connectivity index is 1.29. The molecule has 13 heteroatoms. The van der Waals surface area contributed by atoms with Gasteiger partial charge in [-0.05, 0) is 88.8 Å². The lowest BCUT2D eigenvalue weighted by molar-refractivity contribution is -0.142. The maximum Gasteiger partial charge on any atom is 0.407 e. The highest BCUT2D eigenvalue weighted by molar-refractivity contribution is 6.06. The summed E-state index contributed by atoms with van der Waals surface area (Å²) in [5.41, 5.74) is 0.781. The third-order valence-corrected chi connectivity index (χ3v) is 10.9. The van der Waals surface area contributed by atoms with Crippen LogP contribution in [0.3, 0.4) is 0 Å². The third-order valence-electron chi connectivity index (χ3n) is 10.9. The first kappa shape index (κ1) is 39.3. The number of alkyl halides is 1. The van der Waals surface area contributed by atoms with Gasteiger partial charge in [0.1, 0.15) is 23.9 Å². The van der Waals surface area contributed by atoms with E-state index in [2.05, 4.69) is 16.0 Å². The molecule has 1 unspecified atom stereocenters. The molecule has 1 aromatic heterocycles. The van der Waals surface area contributed by atoms with Crippen LogP contribution in [0.5, 0.6) is 0 Å². The van der Waals surface area contributed by atoms with Crippen molar-refractivity contribution in [3.63, 3.8) is 0 Å². The number of carbonyl (C=O) groups excluding carboxylic acids is 4. The second-order valence-electron chi connectivity index (χ2n) is 15.6. The van der Waals surface area contributed by atoms with E-state index in [0.717, 1.165) is 32.1 Å². The van der Waals surface area contributed by atoms with Gasteiger partial charge in [-0.1, -0.05) is 32.1 Å². The Kier molecular flexibility index (Phi) is 13.4. The molecular weight excluding hydrogens is 671 g/mol. The van der Waals surface area contributed by atoms with E-state index in [1.54, 1.807) is 58.0 Å². The number of rotatable bonds is 13. The van der Waals surface area contributed by atoms with Gasteiger partial charge in [0.25, 0.3) is 0 Å². The van der Waals surface area contributed by atoms with Gasteiger partial charge in [-0.3, -0.25) is 9.59 Å². The number of halogens is 1. The van der Waals surface area contributed by atoms with Crippen LogP contribution in [-0.2, 0) is 23.8 Å². The fraction of sp³-hybridized carbons (Fsp3) is 0.692. The van der Waals surface area contributed by atoms with Gasteiger partial charge in [0.05, 0.1) is 18.3 Å². The van der Waals surface area contributed by atoms with Crippen LogP contribution in [0.25, 0.3) is 11.0 Å². The monoisotopic (exact) mass is 728 g/mol. The molecule has 3 atom stereocenters. The van der Waals surface area contributed by atoms with Crippen molar-refractivity contribution in [2.45, 2.75) is 109 Å². The van der Waals surface area contributed by atoms with Crippen molar-refractivity contribution in [2.75, 3.05) is 51.2 Å². The predicted octanol–water partition coefficient (Wildman–Crippen LogP) is 7.07.